The zero-order valence-electron chi connectivity index (χ0n) is 9.54. The molecule has 98 valence electrons. The molecule has 0 bridgehead atoms. The van der Waals surface area contributed by atoms with Gasteiger partial charge in [0.15, 0.2) is 4.67 Å². The number of para-hydroxylation sites is 1. The van der Waals surface area contributed by atoms with Gasteiger partial charge in [-0.05, 0) is 34.1 Å². The number of rotatable bonds is 4. The Morgan fingerprint density at radius 3 is 2.68 bits per heavy atom. The van der Waals surface area contributed by atoms with Crippen LogP contribution in [0, 0.1) is 10.1 Å². The van der Waals surface area contributed by atoms with Crippen molar-refractivity contribution in [2.24, 2.45) is 0 Å². The monoisotopic (exact) mass is 325 g/mol. The molecule has 0 N–H and O–H groups in total. The van der Waals surface area contributed by atoms with Crippen LogP contribution >= 0.6 is 15.9 Å². The number of esters is 1. The smallest absolute Gasteiger partial charge is 0.374 e. The maximum Gasteiger partial charge on any atom is 0.374 e. The van der Waals surface area contributed by atoms with Crippen molar-refractivity contribution in [1.29, 1.82) is 0 Å². The fourth-order valence-corrected chi connectivity index (χ4v) is 1.76. The molecule has 0 aliphatic carbocycles. The van der Waals surface area contributed by atoms with E-state index in [0.717, 1.165) is 0 Å². The quantitative estimate of drug-likeness (QED) is 0.489. The first-order valence-corrected chi connectivity index (χ1v) is 6.02. The molecule has 0 radical (unpaired) electrons. The highest BCUT2D eigenvalue weighted by molar-refractivity contribution is 9.10. The van der Waals surface area contributed by atoms with Crippen molar-refractivity contribution in [2.75, 3.05) is 0 Å². The molecule has 0 fully saturated rings. The molecule has 0 aliphatic heterocycles. The van der Waals surface area contributed by atoms with Crippen LogP contribution in [0.3, 0.4) is 0 Å². The van der Waals surface area contributed by atoms with Gasteiger partial charge in [-0.25, -0.2) is 4.79 Å². The number of nitrogens with zero attached hydrogens (tertiary/aromatic N) is 1. The highest BCUT2D eigenvalue weighted by Gasteiger charge is 2.16. The minimum Gasteiger partial charge on any atom is -0.455 e. The molecule has 7 heteroatoms. The third kappa shape index (κ3) is 3.19. The van der Waals surface area contributed by atoms with E-state index in [-0.39, 0.29) is 18.1 Å². The zero-order valence-corrected chi connectivity index (χ0v) is 11.1. The Morgan fingerprint density at radius 1 is 1.32 bits per heavy atom. The predicted molar refractivity (Wildman–Crippen MR) is 68.6 cm³/mol. The number of ether oxygens (including phenoxy) is 1. The summed E-state index contributed by atoms with van der Waals surface area (Å²) in [4.78, 5) is 21.9. The van der Waals surface area contributed by atoms with Gasteiger partial charge in [-0.15, -0.1) is 0 Å². The second-order valence-electron chi connectivity index (χ2n) is 3.57. The minimum absolute atomic E-state index is 0.0328. The van der Waals surface area contributed by atoms with E-state index >= 15 is 0 Å². The molecule has 2 aromatic rings. The molecule has 1 aromatic heterocycles. The van der Waals surface area contributed by atoms with Gasteiger partial charge in [0.1, 0.15) is 6.61 Å². The molecule has 0 unspecified atom stereocenters. The third-order valence-corrected chi connectivity index (χ3v) is 2.75. The van der Waals surface area contributed by atoms with Gasteiger partial charge in [0, 0.05) is 6.07 Å². The highest BCUT2D eigenvalue weighted by atomic mass is 79.9. The number of nitro groups is 1. The van der Waals surface area contributed by atoms with Crippen molar-refractivity contribution in [2.45, 2.75) is 6.61 Å². The van der Waals surface area contributed by atoms with Gasteiger partial charge in [-0.1, -0.05) is 12.1 Å². The largest absolute Gasteiger partial charge is 0.455 e. The average Bonchev–Trinajstić information content (AvgIpc) is 2.83. The van der Waals surface area contributed by atoms with Gasteiger partial charge in [-0.2, -0.15) is 0 Å². The fourth-order valence-electron chi connectivity index (χ4n) is 1.45. The van der Waals surface area contributed by atoms with Gasteiger partial charge in [0.2, 0.25) is 5.76 Å². The molecule has 0 aliphatic rings. The fraction of sp³-hybridized carbons (Fsp3) is 0.0833. The molecule has 0 atom stereocenters. The van der Waals surface area contributed by atoms with Gasteiger partial charge in [-0.3, -0.25) is 10.1 Å². The first kappa shape index (κ1) is 13.3. The second kappa shape index (κ2) is 5.66. The van der Waals surface area contributed by atoms with Crippen LogP contribution < -0.4 is 0 Å². The Hall–Kier alpha value is -2.15. The van der Waals surface area contributed by atoms with Crippen molar-refractivity contribution >= 4 is 27.6 Å². The van der Waals surface area contributed by atoms with Crippen LogP contribution in [0.2, 0.25) is 0 Å². The number of hydrogen-bond donors (Lipinski definition) is 0. The summed E-state index contributed by atoms with van der Waals surface area (Å²) < 4.78 is 10.4. The number of halogens is 1. The molecule has 1 heterocycles. The Morgan fingerprint density at radius 2 is 2.05 bits per heavy atom. The van der Waals surface area contributed by atoms with Crippen LogP contribution in [0.1, 0.15) is 16.1 Å². The topological polar surface area (TPSA) is 82.6 Å². The number of carbonyl (C=O) groups excluding carboxylic acids is 1. The lowest BCUT2D eigenvalue weighted by Crippen LogP contribution is -2.05. The number of benzene rings is 1. The van der Waals surface area contributed by atoms with Crippen LogP contribution in [0.4, 0.5) is 5.69 Å². The molecule has 0 amide bonds. The summed E-state index contributed by atoms with van der Waals surface area (Å²) >= 11 is 3.06. The second-order valence-corrected chi connectivity index (χ2v) is 4.35. The Labute approximate surface area is 116 Å². The maximum absolute atomic E-state index is 11.6. The molecular weight excluding hydrogens is 318 g/mol. The average molecular weight is 326 g/mol. The number of hydrogen-bond acceptors (Lipinski definition) is 5. The lowest BCUT2D eigenvalue weighted by atomic mass is 10.2. The van der Waals surface area contributed by atoms with Gasteiger partial charge in [0.25, 0.3) is 5.69 Å². The van der Waals surface area contributed by atoms with Crippen molar-refractivity contribution in [3.05, 3.63) is 62.5 Å². The summed E-state index contributed by atoms with van der Waals surface area (Å²) in [5.74, 6) is -0.644. The summed E-state index contributed by atoms with van der Waals surface area (Å²) in [6, 6.07) is 9.08. The summed E-state index contributed by atoms with van der Waals surface area (Å²) in [6.45, 7) is -0.186. The standard InChI is InChI=1S/C12H8BrNO5/c13-11-6-5-10(19-11)12(15)18-7-8-3-1-2-4-9(8)14(16)17/h1-6H,7H2. The summed E-state index contributed by atoms with van der Waals surface area (Å²) in [6.07, 6.45) is 0. The number of furan rings is 1. The van der Waals surface area contributed by atoms with Crippen molar-refractivity contribution in [3.8, 4) is 0 Å². The summed E-state index contributed by atoms with van der Waals surface area (Å²) in [5.41, 5.74) is 0.238. The van der Waals surface area contributed by atoms with E-state index in [1.165, 1.54) is 18.2 Å². The van der Waals surface area contributed by atoms with E-state index in [4.69, 9.17) is 9.15 Å². The lowest BCUT2D eigenvalue weighted by Gasteiger charge is -2.03. The number of carbonyl (C=O) groups is 1. The SMILES string of the molecule is O=C(OCc1ccccc1[N+](=O)[O-])c1ccc(Br)o1. The summed E-state index contributed by atoms with van der Waals surface area (Å²) in [5, 5.41) is 10.8. The molecular formula is C12H8BrNO5. The van der Waals surface area contributed by atoms with Crippen LogP contribution in [0.25, 0.3) is 0 Å². The third-order valence-electron chi connectivity index (χ3n) is 2.32. The van der Waals surface area contributed by atoms with E-state index in [2.05, 4.69) is 15.9 Å². The minimum atomic E-state index is -0.677. The van der Waals surface area contributed by atoms with E-state index in [1.807, 2.05) is 0 Å². The number of nitro benzene ring substituents is 1. The zero-order chi connectivity index (χ0) is 13.8. The van der Waals surface area contributed by atoms with Gasteiger partial charge >= 0.3 is 5.97 Å². The molecule has 1 aromatic carbocycles. The van der Waals surface area contributed by atoms with Crippen LogP contribution in [0.15, 0.2) is 45.5 Å². The van der Waals surface area contributed by atoms with Crippen LogP contribution in [-0.4, -0.2) is 10.9 Å². The van der Waals surface area contributed by atoms with Gasteiger partial charge < -0.3 is 9.15 Å². The normalized spacial score (nSPS) is 10.2. The van der Waals surface area contributed by atoms with E-state index < -0.39 is 10.9 Å². The van der Waals surface area contributed by atoms with E-state index in [0.29, 0.717) is 10.2 Å². The Kier molecular flexibility index (Phi) is 3.96. The molecule has 0 saturated carbocycles. The molecule has 6 nitrogen and oxygen atoms in total. The van der Waals surface area contributed by atoms with E-state index in [1.54, 1.807) is 18.2 Å². The van der Waals surface area contributed by atoms with Gasteiger partial charge in [0.05, 0.1) is 10.5 Å². The maximum atomic E-state index is 11.6. The molecule has 0 spiro atoms. The first-order valence-electron chi connectivity index (χ1n) is 5.22. The van der Waals surface area contributed by atoms with E-state index in [9.17, 15) is 14.9 Å². The Bertz CT molecular complexity index is 622. The highest BCUT2D eigenvalue weighted by Crippen LogP contribution is 2.20. The summed E-state index contributed by atoms with van der Waals surface area (Å²) in [7, 11) is 0. The van der Waals surface area contributed by atoms with Crippen LogP contribution in [0.5, 0.6) is 0 Å². The lowest BCUT2D eigenvalue weighted by molar-refractivity contribution is -0.385. The predicted octanol–water partition coefficient (Wildman–Crippen LogP) is 3.31. The van der Waals surface area contributed by atoms with Crippen molar-refractivity contribution in [3.63, 3.8) is 0 Å². The van der Waals surface area contributed by atoms with Crippen LogP contribution in [-0.2, 0) is 11.3 Å². The molecule has 19 heavy (non-hydrogen) atoms. The Balaban J connectivity index is 2.07. The van der Waals surface area contributed by atoms with Crippen molar-refractivity contribution in [1.82, 2.24) is 0 Å². The molecule has 2 rings (SSSR count). The molecule has 0 saturated heterocycles. The first-order chi connectivity index (χ1) is 9.08. The van der Waals surface area contributed by atoms with Crippen molar-refractivity contribution < 1.29 is 18.9 Å².